The van der Waals surface area contributed by atoms with Gasteiger partial charge in [-0.3, -0.25) is 4.79 Å². The van der Waals surface area contributed by atoms with Crippen LogP contribution in [-0.4, -0.2) is 49.8 Å². The Morgan fingerprint density at radius 3 is 2.45 bits per heavy atom. The van der Waals surface area contributed by atoms with E-state index < -0.39 is 17.4 Å². The number of aliphatic carboxylic acids is 1. The van der Waals surface area contributed by atoms with Gasteiger partial charge in [-0.2, -0.15) is 0 Å². The van der Waals surface area contributed by atoms with E-state index in [0.717, 1.165) is 13.1 Å². The number of nitrogens with one attached hydrogen (secondary N) is 2. The van der Waals surface area contributed by atoms with Gasteiger partial charge in [0.2, 0.25) is 5.91 Å². The number of amides is 1. The summed E-state index contributed by atoms with van der Waals surface area (Å²) >= 11 is 0. The van der Waals surface area contributed by atoms with E-state index in [1.807, 2.05) is 13.8 Å². The fourth-order valence-corrected chi connectivity index (χ4v) is 2.60. The van der Waals surface area contributed by atoms with Crippen molar-refractivity contribution < 1.29 is 19.4 Å². The molecule has 0 aromatic rings. The molecular formula is C14H26N2O4. The Kier molecular flexibility index (Phi) is 6.42. The van der Waals surface area contributed by atoms with E-state index in [2.05, 4.69) is 10.6 Å². The quantitative estimate of drug-likeness (QED) is 0.638. The highest BCUT2D eigenvalue weighted by Crippen LogP contribution is 2.30. The molecule has 0 aromatic heterocycles. The van der Waals surface area contributed by atoms with Crippen molar-refractivity contribution >= 4 is 11.9 Å². The molecule has 3 N–H and O–H groups in total. The number of carboxylic acid groups (broad SMARTS) is 1. The lowest BCUT2D eigenvalue weighted by molar-refractivity contribution is -0.147. The third-order valence-corrected chi connectivity index (χ3v) is 4.23. The Morgan fingerprint density at radius 1 is 1.40 bits per heavy atom. The maximum Gasteiger partial charge on any atom is 0.326 e. The molecule has 0 unspecified atom stereocenters. The first-order valence-corrected chi connectivity index (χ1v) is 7.20. The number of methoxy groups -OCH3 is 1. The van der Waals surface area contributed by atoms with Crippen molar-refractivity contribution in [2.75, 3.05) is 26.8 Å². The van der Waals surface area contributed by atoms with Crippen LogP contribution in [0.5, 0.6) is 0 Å². The van der Waals surface area contributed by atoms with E-state index in [0.29, 0.717) is 25.9 Å². The zero-order chi connectivity index (χ0) is 15.2. The molecule has 6 heteroatoms. The average molecular weight is 286 g/mol. The molecule has 1 amide bonds. The van der Waals surface area contributed by atoms with Crippen molar-refractivity contribution in [3.63, 3.8) is 0 Å². The number of rotatable bonds is 7. The van der Waals surface area contributed by atoms with E-state index in [-0.39, 0.29) is 11.8 Å². The van der Waals surface area contributed by atoms with Gasteiger partial charge in [0.25, 0.3) is 0 Å². The number of hydrogen-bond acceptors (Lipinski definition) is 4. The highest BCUT2D eigenvalue weighted by Gasteiger charge is 2.41. The van der Waals surface area contributed by atoms with Gasteiger partial charge in [-0.15, -0.1) is 0 Å². The lowest BCUT2D eigenvalue weighted by Crippen LogP contribution is -2.55. The SMILES string of the molecule is CC[C@H](C)[C@H](NC(=O)C1(COC)CCNCC1)C(=O)O. The first kappa shape index (κ1) is 16.9. The second-order valence-electron chi connectivity index (χ2n) is 5.64. The minimum absolute atomic E-state index is 0.0993. The van der Waals surface area contributed by atoms with Crippen molar-refractivity contribution in [1.82, 2.24) is 10.6 Å². The molecule has 0 spiro atoms. The van der Waals surface area contributed by atoms with Gasteiger partial charge in [0.15, 0.2) is 0 Å². The van der Waals surface area contributed by atoms with E-state index in [1.54, 1.807) is 7.11 Å². The van der Waals surface area contributed by atoms with Gasteiger partial charge in [-0.25, -0.2) is 4.79 Å². The highest BCUT2D eigenvalue weighted by molar-refractivity contribution is 5.87. The van der Waals surface area contributed by atoms with Crippen molar-refractivity contribution in [3.8, 4) is 0 Å². The number of piperidine rings is 1. The molecule has 1 aliphatic rings. The maximum absolute atomic E-state index is 12.6. The molecule has 20 heavy (non-hydrogen) atoms. The van der Waals surface area contributed by atoms with Gasteiger partial charge in [0, 0.05) is 7.11 Å². The summed E-state index contributed by atoms with van der Waals surface area (Å²) in [6.07, 6.45) is 2.04. The van der Waals surface area contributed by atoms with Crippen LogP contribution in [0.2, 0.25) is 0 Å². The van der Waals surface area contributed by atoms with Gasteiger partial charge in [0.05, 0.1) is 12.0 Å². The summed E-state index contributed by atoms with van der Waals surface area (Å²) in [7, 11) is 1.57. The molecule has 6 nitrogen and oxygen atoms in total. The van der Waals surface area contributed by atoms with Crippen LogP contribution >= 0.6 is 0 Å². The Hall–Kier alpha value is -1.14. The smallest absolute Gasteiger partial charge is 0.326 e. The maximum atomic E-state index is 12.6. The summed E-state index contributed by atoms with van der Waals surface area (Å²) in [4.78, 5) is 23.9. The third kappa shape index (κ3) is 3.93. The molecule has 1 aliphatic heterocycles. The van der Waals surface area contributed by atoms with Crippen molar-refractivity contribution in [3.05, 3.63) is 0 Å². The monoisotopic (exact) mass is 286 g/mol. The molecule has 116 valence electrons. The van der Waals surface area contributed by atoms with Gasteiger partial charge in [-0.05, 0) is 31.8 Å². The molecule has 2 atom stereocenters. The first-order chi connectivity index (χ1) is 9.46. The molecule has 0 bridgehead atoms. The zero-order valence-corrected chi connectivity index (χ0v) is 12.6. The average Bonchev–Trinajstić information content (AvgIpc) is 2.44. The third-order valence-electron chi connectivity index (χ3n) is 4.23. The summed E-state index contributed by atoms with van der Waals surface area (Å²) in [6, 6.07) is -0.837. The van der Waals surface area contributed by atoms with Crippen LogP contribution in [0, 0.1) is 11.3 Å². The lowest BCUT2D eigenvalue weighted by atomic mass is 9.78. The predicted molar refractivity (Wildman–Crippen MR) is 75.4 cm³/mol. The number of carboxylic acids is 1. The largest absolute Gasteiger partial charge is 0.480 e. The Balaban J connectivity index is 2.81. The lowest BCUT2D eigenvalue weighted by Gasteiger charge is -2.36. The molecule has 0 aromatic carbocycles. The van der Waals surface area contributed by atoms with E-state index in [4.69, 9.17) is 4.74 Å². The molecule has 0 saturated carbocycles. The topological polar surface area (TPSA) is 87.7 Å². The summed E-state index contributed by atoms with van der Waals surface area (Å²) in [5.74, 6) is -1.28. The molecule has 0 radical (unpaired) electrons. The highest BCUT2D eigenvalue weighted by atomic mass is 16.5. The number of hydrogen-bond donors (Lipinski definition) is 3. The molecule has 1 saturated heterocycles. The van der Waals surface area contributed by atoms with Crippen LogP contribution in [0.3, 0.4) is 0 Å². The predicted octanol–water partition coefficient (Wildman–Crippen LogP) is 0.618. The van der Waals surface area contributed by atoms with Crippen LogP contribution in [-0.2, 0) is 14.3 Å². The molecular weight excluding hydrogens is 260 g/mol. The van der Waals surface area contributed by atoms with Gasteiger partial charge >= 0.3 is 5.97 Å². The van der Waals surface area contributed by atoms with Crippen LogP contribution in [0.1, 0.15) is 33.1 Å². The second kappa shape index (κ2) is 7.59. The van der Waals surface area contributed by atoms with Gasteiger partial charge in [0.1, 0.15) is 6.04 Å². The summed E-state index contributed by atoms with van der Waals surface area (Å²) in [6.45, 7) is 5.58. The summed E-state index contributed by atoms with van der Waals surface area (Å²) < 4.78 is 5.20. The Bertz CT molecular complexity index is 335. The fraction of sp³-hybridized carbons (Fsp3) is 0.857. The van der Waals surface area contributed by atoms with Crippen LogP contribution < -0.4 is 10.6 Å². The van der Waals surface area contributed by atoms with E-state index >= 15 is 0 Å². The summed E-state index contributed by atoms with van der Waals surface area (Å²) in [5, 5.41) is 15.2. The van der Waals surface area contributed by atoms with Crippen molar-refractivity contribution in [2.24, 2.45) is 11.3 Å². The van der Waals surface area contributed by atoms with Gasteiger partial charge < -0.3 is 20.5 Å². The van der Waals surface area contributed by atoms with Crippen LogP contribution in [0.4, 0.5) is 0 Å². The molecule has 1 heterocycles. The number of carbonyl (C=O) groups excluding carboxylic acids is 1. The van der Waals surface area contributed by atoms with Gasteiger partial charge in [-0.1, -0.05) is 20.3 Å². The van der Waals surface area contributed by atoms with Crippen LogP contribution in [0.15, 0.2) is 0 Å². The number of carbonyl (C=O) groups is 2. The standard InChI is InChI=1S/C14H26N2O4/c1-4-10(2)11(12(17)18)16-13(19)14(9-20-3)5-7-15-8-6-14/h10-11,15H,4-9H2,1-3H3,(H,16,19)(H,17,18)/t10-,11-/m0/s1. The number of ether oxygens (including phenoxy) is 1. The normalized spacial score (nSPS) is 20.9. The Morgan fingerprint density at radius 2 is 2.00 bits per heavy atom. The molecule has 1 rings (SSSR count). The first-order valence-electron chi connectivity index (χ1n) is 7.20. The Labute approximate surface area is 120 Å². The van der Waals surface area contributed by atoms with Crippen molar-refractivity contribution in [2.45, 2.75) is 39.2 Å². The fourth-order valence-electron chi connectivity index (χ4n) is 2.60. The van der Waals surface area contributed by atoms with Crippen LogP contribution in [0.25, 0.3) is 0 Å². The second-order valence-corrected chi connectivity index (χ2v) is 5.64. The molecule has 1 fully saturated rings. The minimum Gasteiger partial charge on any atom is -0.480 e. The van der Waals surface area contributed by atoms with Crippen molar-refractivity contribution in [1.29, 1.82) is 0 Å². The summed E-state index contributed by atoms with van der Waals surface area (Å²) in [5.41, 5.74) is -0.610. The van der Waals surface area contributed by atoms with E-state index in [1.165, 1.54) is 0 Å². The minimum atomic E-state index is -0.978. The van der Waals surface area contributed by atoms with E-state index in [9.17, 15) is 14.7 Å². The molecule has 0 aliphatic carbocycles. The zero-order valence-electron chi connectivity index (χ0n) is 12.6.